The molecule has 0 saturated carbocycles. The maximum Gasteiger partial charge on any atom is 0.340 e. The average Bonchev–Trinajstić information content (AvgIpc) is 2.95. The van der Waals surface area contributed by atoms with E-state index in [-0.39, 0.29) is 12.5 Å². The van der Waals surface area contributed by atoms with E-state index in [4.69, 9.17) is 4.74 Å². The summed E-state index contributed by atoms with van der Waals surface area (Å²) >= 11 is 0. The first-order chi connectivity index (χ1) is 11.1. The van der Waals surface area contributed by atoms with Crippen LogP contribution in [0.4, 0.5) is 0 Å². The van der Waals surface area contributed by atoms with Crippen LogP contribution in [0.5, 0.6) is 0 Å². The number of hydrogen-bond donors (Lipinski definition) is 0. The molecule has 5 heteroatoms. The van der Waals surface area contributed by atoms with Crippen molar-refractivity contribution in [1.29, 1.82) is 0 Å². The Balaban J connectivity index is 2.17. The molecule has 1 aromatic carbocycles. The topological polar surface area (TPSA) is 61.2 Å². The lowest BCUT2D eigenvalue weighted by Crippen LogP contribution is -2.13. The van der Waals surface area contributed by atoms with Gasteiger partial charge in [0.1, 0.15) is 5.65 Å². The Morgan fingerprint density at radius 3 is 2.65 bits per heavy atom. The number of carbonyl (C=O) groups is 2. The highest BCUT2D eigenvalue weighted by Gasteiger charge is 2.21. The first-order valence-electron chi connectivity index (χ1n) is 7.37. The lowest BCUT2D eigenvalue weighted by molar-refractivity contribution is 0.0528. The maximum atomic E-state index is 12.8. The van der Waals surface area contributed by atoms with Crippen molar-refractivity contribution in [2.24, 2.45) is 0 Å². The molecule has 0 fully saturated rings. The standard InChI is InChI=1S/C18H16N2O3/c1-3-23-18(22)15-11-20(16-14(15)9-6-10-19-16)17(21)13-8-5-4-7-12(13)2/h4-11H,3H2,1-2H3. The summed E-state index contributed by atoms with van der Waals surface area (Å²) in [6.45, 7) is 3.89. The SMILES string of the molecule is CCOC(=O)c1cn(C(=O)c2ccccc2C)c2ncccc12. The third kappa shape index (κ3) is 2.61. The van der Waals surface area contributed by atoms with E-state index in [1.165, 1.54) is 10.8 Å². The van der Waals surface area contributed by atoms with Crippen molar-refractivity contribution in [3.05, 3.63) is 65.5 Å². The second-order valence-corrected chi connectivity index (χ2v) is 5.13. The minimum absolute atomic E-state index is 0.220. The van der Waals surface area contributed by atoms with Crippen LogP contribution in [0.1, 0.15) is 33.2 Å². The number of benzene rings is 1. The van der Waals surface area contributed by atoms with Crippen molar-refractivity contribution in [1.82, 2.24) is 9.55 Å². The molecule has 0 aliphatic heterocycles. The Morgan fingerprint density at radius 2 is 1.91 bits per heavy atom. The van der Waals surface area contributed by atoms with Gasteiger partial charge in [0.05, 0.1) is 12.2 Å². The summed E-state index contributed by atoms with van der Waals surface area (Å²) in [5, 5.41) is 0.605. The van der Waals surface area contributed by atoms with Crippen molar-refractivity contribution < 1.29 is 14.3 Å². The van der Waals surface area contributed by atoms with Crippen molar-refractivity contribution in [2.75, 3.05) is 6.61 Å². The Morgan fingerprint density at radius 1 is 1.13 bits per heavy atom. The van der Waals surface area contributed by atoms with E-state index in [0.717, 1.165) is 5.56 Å². The zero-order valence-electron chi connectivity index (χ0n) is 12.9. The molecule has 5 nitrogen and oxygen atoms in total. The Hall–Kier alpha value is -2.95. The molecule has 0 bridgehead atoms. The predicted octanol–water partition coefficient (Wildman–Crippen LogP) is 3.21. The molecule has 3 aromatic rings. The summed E-state index contributed by atoms with van der Waals surface area (Å²) in [6.07, 6.45) is 3.10. The number of rotatable bonds is 3. The second-order valence-electron chi connectivity index (χ2n) is 5.13. The van der Waals surface area contributed by atoms with E-state index in [0.29, 0.717) is 22.2 Å². The van der Waals surface area contributed by atoms with Gasteiger partial charge in [-0.1, -0.05) is 18.2 Å². The van der Waals surface area contributed by atoms with Crippen molar-refractivity contribution in [3.8, 4) is 0 Å². The quantitative estimate of drug-likeness (QED) is 0.697. The van der Waals surface area contributed by atoms with Gasteiger partial charge in [0.25, 0.3) is 5.91 Å². The minimum atomic E-state index is -0.457. The van der Waals surface area contributed by atoms with E-state index < -0.39 is 5.97 Å². The molecule has 0 unspecified atom stereocenters. The normalized spacial score (nSPS) is 10.7. The number of nitrogens with zero attached hydrogens (tertiary/aromatic N) is 2. The highest BCUT2D eigenvalue weighted by atomic mass is 16.5. The molecule has 0 saturated heterocycles. The Bertz CT molecular complexity index is 896. The van der Waals surface area contributed by atoms with Crippen LogP contribution in [0.15, 0.2) is 48.8 Å². The molecule has 0 radical (unpaired) electrons. The zero-order chi connectivity index (χ0) is 16.4. The average molecular weight is 308 g/mol. The molecule has 3 rings (SSSR count). The number of ether oxygens (including phenoxy) is 1. The summed E-state index contributed by atoms with van der Waals surface area (Å²) in [7, 11) is 0. The van der Waals surface area contributed by atoms with E-state index >= 15 is 0 Å². The van der Waals surface area contributed by atoms with Gasteiger partial charge < -0.3 is 4.74 Å². The molecular weight excluding hydrogens is 292 g/mol. The van der Waals surface area contributed by atoms with Crippen LogP contribution in [-0.2, 0) is 4.74 Å². The third-order valence-electron chi connectivity index (χ3n) is 3.65. The summed E-state index contributed by atoms with van der Waals surface area (Å²) in [6, 6.07) is 10.8. The molecule has 2 heterocycles. The number of carbonyl (C=O) groups excluding carboxylic acids is 2. The van der Waals surface area contributed by atoms with Crippen LogP contribution < -0.4 is 0 Å². The number of aryl methyl sites for hydroxylation is 1. The molecule has 0 amide bonds. The minimum Gasteiger partial charge on any atom is -0.462 e. The van der Waals surface area contributed by atoms with Crippen LogP contribution in [0, 0.1) is 6.92 Å². The first kappa shape index (κ1) is 15.0. The molecule has 2 aromatic heterocycles. The molecule has 23 heavy (non-hydrogen) atoms. The van der Waals surface area contributed by atoms with Crippen LogP contribution in [0.25, 0.3) is 11.0 Å². The van der Waals surface area contributed by atoms with Crippen LogP contribution in [-0.4, -0.2) is 28.0 Å². The number of pyridine rings is 1. The molecule has 0 aliphatic carbocycles. The molecule has 0 spiro atoms. The van der Waals surface area contributed by atoms with Crippen LogP contribution in [0.2, 0.25) is 0 Å². The van der Waals surface area contributed by atoms with Crippen LogP contribution >= 0.6 is 0 Å². The van der Waals surface area contributed by atoms with E-state index in [9.17, 15) is 9.59 Å². The largest absolute Gasteiger partial charge is 0.462 e. The summed E-state index contributed by atoms with van der Waals surface area (Å²) in [5.74, 6) is -0.677. The van der Waals surface area contributed by atoms with E-state index in [2.05, 4.69) is 4.98 Å². The van der Waals surface area contributed by atoms with Crippen molar-refractivity contribution >= 4 is 22.9 Å². The fraction of sp³-hybridized carbons (Fsp3) is 0.167. The fourth-order valence-electron chi connectivity index (χ4n) is 2.53. The van der Waals surface area contributed by atoms with E-state index in [1.54, 1.807) is 31.3 Å². The van der Waals surface area contributed by atoms with Gasteiger partial charge in [-0.25, -0.2) is 9.78 Å². The molecule has 0 N–H and O–H groups in total. The molecular formula is C18H16N2O3. The number of esters is 1. The first-order valence-corrected chi connectivity index (χ1v) is 7.37. The molecule has 0 aliphatic rings. The lowest BCUT2D eigenvalue weighted by atomic mass is 10.1. The summed E-state index contributed by atoms with van der Waals surface area (Å²) < 4.78 is 6.47. The lowest BCUT2D eigenvalue weighted by Gasteiger charge is -2.06. The molecule has 0 atom stereocenters. The van der Waals surface area contributed by atoms with Crippen molar-refractivity contribution in [2.45, 2.75) is 13.8 Å². The Labute approximate surface area is 133 Å². The summed E-state index contributed by atoms with van der Waals surface area (Å²) in [5.41, 5.74) is 2.24. The fourth-order valence-corrected chi connectivity index (χ4v) is 2.53. The molecule has 116 valence electrons. The third-order valence-corrected chi connectivity index (χ3v) is 3.65. The van der Waals surface area contributed by atoms with Gasteiger partial charge in [-0.15, -0.1) is 0 Å². The van der Waals surface area contributed by atoms with E-state index in [1.807, 2.05) is 25.1 Å². The number of aromatic nitrogens is 2. The maximum absolute atomic E-state index is 12.8. The van der Waals surface area contributed by atoms with Crippen LogP contribution in [0.3, 0.4) is 0 Å². The Kier molecular flexibility index (Phi) is 3.93. The van der Waals surface area contributed by atoms with Gasteiger partial charge in [-0.3, -0.25) is 9.36 Å². The monoisotopic (exact) mass is 308 g/mol. The van der Waals surface area contributed by atoms with Gasteiger partial charge >= 0.3 is 5.97 Å². The highest BCUT2D eigenvalue weighted by Crippen LogP contribution is 2.22. The smallest absolute Gasteiger partial charge is 0.340 e. The highest BCUT2D eigenvalue weighted by molar-refractivity contribution is 6.09. The summed E-state index contributed by atoms with van der Waals surface area (Å²) in [4.78, 5) is 29.2. The van der Waals surface area contributed by atoms with Gasteiger partial charge in [0, 0.05) is 23.3 Å². The second kappa shape index (κ2) is 6.04. The van der Waals surface area contributed by atoms with Gasteiger partial charge in [-0.2, -0.15) is 0 Å². The zero-order valence-corrected chi connectivity index (χ0v) is 12.9. The van der Waals surface area contributed by atoms with Gasteiger partial charge in [0.15, 0.2) is 0 Å². The van der Waals surface area contributed by atoms with Gasteiger partial charge in [-0.05, 0) is 37.6 Å². The number of fused-ring (bicyclic) bond motifs is 1. The van der Waals surface area contributed by atoms with Gasteiger partial charge in [0.2, 0.25) is 0 Å². The predicted molar refractivity (Wildman–Crippen MR) is 86.6 cm³/mol. The number of hydrogen-bond acceptors (Lipinski definition) is 4. The van der Waals surface area contributed by atoms with Crippen molar-refractivity contribution in [3.63, 3.8) is 0 Å².